The van der Waals surface area contributed by atoms with Crippen molar-refractivity contribution in [3.63, 3.8) is 0 Å². The predicted octanol–water partition coefficient (Wildman–Crippen LogP) is 4.11. The number of carbonyl (C=O) groups is 1. The number of anilines is 2. The zero-order valence-electron chi connectivity index (χ0n) is 15.1. The number of benzene rings is 2. The quantitative estimate of drug-likeness (QED) is 0.796. The second-order valence-electron chi connectivity index (χ2n) is 6.32. The van der Waals surface area contributed by atoms with Gasteiger partial charge in [0, 0.05) is 24.5 Å². The van der Waals surface area contributed by atoms with E-state index in [9.17, 15) is 4.79 Å². The molecule has 0 spiro atoms. The third-order valence-corrected chi connectivity index (χ3v) is 4.77. The van der Waals surface area contributed by atoms with Crippen LogP contribution in [0.25, 0.3) is 0 Å². The summed E-state index contributed by atoms with van der Waals surface area (Å²) in [6, 6.07) is 18.1. The largest absolute Gasteiger partial charge is 0.372 e. The minimum atomic E-state index is -0.181. The molecule has 0 saturated heterocycles. The van der Waals surface area contributed by atoms with Gasteiger partial charge in [-0.1, -0.05) is 30.3 Å². The number of amides is 1. The molecule has 0 unspecified atom stereocenters. The Labute approximate surface area is 149 Å². The van der Waals surface area contributed by atoms with Crippen molar-refractivity contribution in [1.29, 1.82) is 0 Å². The Morgan fingerprint density at radius 3 is 2.24 bits per heavy atom. The van der Waals surface area contributed by atoms with E-state index in [2.05, 4.69) is 48.1 Å². The van der Waals surface area contributed by atoms with Gasteiger partial charge in [-0.3, -0.25) is 4.79 Å². The van der Waals surface area contributed by atoms with Crippen LogP contribution in [0.15, 0.2) is 59.7 Å². The topological polar surface area (TPSA) is 35.9 Å². The second kappa shape index (κ2) is 7.51. The van der Waals surface area contributed by atoms with Gasteiger partial charge in [0.25, 0.3) is 5.91 Å². The zero-order chi connectivity index (χ0) is 17.8. The third kappa shape index (κ3) is 3.58. The Bertz CT molecular complexity index is 748. The molecule has 0 fully saturated rings. The van der Waals surface area contributed by atoms with Crippen molar-refractivity contribution >= 4 is 23.0 Å². The van der Waals surface area contributed by atoms with E-state index in [-0.39, 0.29) is 11.8 Å². The number of rotatable bonds is 6. The summed E-state index contributed by atoms with van der Waals surface area (Å²) < 4.78 is 0. The lowest BCUT2D eigenvalue weighted by Gasteiger charge is -2.21. The highest BCUT2D eigenvalue weighted by molar-refractivity contribution is 6.14. The fourth-order valence-electron chi connectivity index (χ4n) is 3.26. The fraction of sp³-hybridized carbons (Fsp3) is 0.333. The Morgan fingerprint density at radius 1 is 1.00 bits per heavy atom. The minimum Gasteiger partial charge on any atom is -0.372 e. The van der Waals surface area contributed by atoms with Gasteiger partial charge in [0.1, 0.15) is 0 Å². The molecule has 1 atom stereocenters. The molecule has 2 aromatic carbocycles. The summed E-state index contributed by atoms with van der Waals surface area (Å²) in [6.07, 6.45) is 0.691. The van der Waals surface area contributed by atoms with E-state index in [0.717, 1.165) is 24.5 Å². The van der Waals surface area contributed by atoms with Gasteiger partial charge < -0.3 is 4.90 Å². The number of hydrogen-bond donors (Lipinski definition) is 0. The van der Waals surface area contributed by atoms with Gasteiger partial charge in [0.15, 0.2) is 0 Å². The van der Waals surface area contributed by atoms with E-state index in [4.69, 9.17) is 0 Å². The molecule has 0 radical (unpaired) electrons. The first-order valence-electron chi connectivity index (χ1n) is 8.92. The van der Waals surface area contributed by atoms with Gasteiger partial charge in [-0.25, -0.2) is 5.01 Å². The predicted molar refractivity (Wildman–Crippen MR) is 104 cm³/mol. The molecule has 4 heteroatoms. The smallest absolute Gasteiger partial charge is 0.256 e. The standard InChI is InChI=1S/C21H25N3O/c1-4-23(5-2)18-13-11-17(12-14-18)15-20-16(3)22-24(21(20)25)19-9-7-6-8-10-19/h6-14,20H,4-5,15H2,1-3H3/t20-/m1/s1. The molecule has 25 heavy (non-hydrogen) atoms. The van der Waals surface area contributed by atoms with E-state index in [1.807, 2.05) is 37.3 Å². The van der Waals surface area contributed by atoms with E-state index in [0.29, 0.717) is 6.42 Å². The van der Waals surface area contributed by atoms with Crippen molar-refractivity contribution in [2.75, 3.05) is 23.0 Å². The van der Waals surface area contributed by atoms with E-state index >= 15 is 0 Å². The van der Waals surface area contributed by atoms with Crippen molar-refractivity contribution < 1.29 is 4.79 Å². The molecule has 2 aromatic rings. The molecule has 130 valence electrons. The van der Waals surface area contributed by atoms with Crippen LogP contribution in [0.4, 0.5) is 11.4 Å². The average molecular weight is 335 g/mol. The van der Waals surface area contributed by atoms with E-state index in [1.54, 1.807) is 0 Å². The first-order chi connectivity index (χ1) is 12.1. The molecule has 1 aliphatic rings. The van der Waals surface area contributed by atoms with Gasteiger partial charge in [0.2, 0.25) is 0 Å². The molecular formula is C21H25N3O. The van der Waals surface area contributed by atoms with Gasteiger partial charge in [0.05, 0.1) is 11.6 Å². The van der Waals surface area contributed by atoms with Crippen LogP contribution >= 0.6 is 0 Å². The zero-order valence-corrected chi connectivity index (χ0v) is 15.1. The van der Waals surface area contributed by atoms with Crippen molar-refractivity contribution in [1.82, 2.24) is 0 Å². The van der Waals surface area contributed by atoms with Crippen LogP contribution < -0.4 is 9.91 Å². The number of para-hydroxylation sites is 1. The Kier molecular flexibility index (Phi) is 5.17. The van der Waals surface area contributed by atoms with Gasteiger partial charge in [-0.05, 0) is 57.0 Å². The summed E-state index contributed by atoms with van der Waals surface area (Å²) in [5.41, 5.74) is 4.09. The summed E-state index contributed by atoms with van der Waals surface area (Å²) in [4.78, 5) is 15.1. The van der Waals surface area contributed by atoms with Crippen LogP contribution in [-0.4, -0.2) is 24.7 Å². The molecule has 1 amide bonds. The molecule has 0 saturated carbocycles. The van der Waals surface area contributed by atoms with Gasteiger partial charge in [-0.2, -0.15) is 5.10 Å². The molecular weight excluding hydrogens is 310 g/mol. The average Bonchev–Trinajstić information content (AvgIpc) is 2.93. The molecule has 4 nitrogen and oxygen atoms in total. The van der Waals surface area contributed by atoms with Crippen LogP contribution in [-0.2, 0) is 11.2 Å². The number of hydrogen-bond acceptors (Lipinski definition) is 3. The van der Waals surface area contributed by atoms with Crippen molar-refractivity contribution in [2.45, 2.75) is 27.2 Å². The lowest BCUT2D eigenvalue weighted by atomic mass is 9.95. The summed E-state index contributed by atoms with van der Waals surface area (Å²) in [5, 5.41) is 6.01. The van der Waals surface area contributed by atoms with Crippen molar-refractivity contribution in [3.8, 4) is 0 Å². The van der Waals surface area contributed by atoms with Crippen LogP contribution in [0.1, 0.15) is 26.3 Å². The van der Waals surface area contributed by atoms with Crippen LogP contribution in [0, 0.1) is 5.92 Å². The maximum atomic E-state index is 12.8. The molecule has 0 bridgehead atoms. The first-order valence-corrected chi connectivity index (χ1v) is 8.92. The first kappa shape index (κ1) is 17.2. The number of carbonyl (C=O) groups excluding carboxylic acids is 1. The maximum absolute atomic E-state index is 12.8. The minimum absolute atomic E-state index is 0.0523. The molecule has 3 rings (SSSR count). The summed E-state index contributed by atoms with van der Waals surface area (Å²) in [5.74, 6) is -0.129. The summed E-state index contributed by atoms with van der Waals surface area (Å²) >= 11 is 0. The highest BCUT2D eigenvalue weighted by Crippen LogP contribution is 2.26. The van der Waals surface area contributed by atoms with E-state index < -0.39 is 0 Å². The highest BCUT2D eigenvalue weighted by atomic mass is 16.2. The Hall–Kier alpha value is -2.62. The number of nitrogens with zero attached hydrogens (tertiary/aromatic N) is 3. The number of hydrazone groups is 1. The normalized spacial score (nSPS) is 16.9. The Balaban J connectivity index is 1.73. The fourth-order valence-corrected chi connectivity index (χ4v) is 3.26. The van der Waals surface area contributed by atoms with Gasteiger partial charge in [-0.15, -0.1) is 0 Å². The highest BCUT2D eigenvalue weighted by Gasteiger charge is 2.34. The summed E-state index contributed by atoms with van der Waals surface area (Å²) in [7, 11) is 0. The maximum Gasteiger partial charge on any atom is 0.256 e. The summed E-state index contributed by atoms with van der Waals surface area (Å²) in [6.45, 7) is 8.25. The second-order valence-corrected chi connectivity index (χ2v) is 6.32. The Morgan fingerprint density at radius 2 is 1.64 bits per heavy atom. The van der Waals surface area contributed by atoms with Gasteiger partial charge >= 0.3 is 0 Å². The van der Waals surface area contributed by atoms with Crippen LogP contribution in [0.2, 0.25) is 0 Å². The monoisotopic (exact) mass is 335 g/mol. The van der Waals surface area contributed by atoms with Crippen molar-refractivity contribution in [3.05, 3.63) is 60.2 Å². The molecule has 0 aromatic heterocycles. The molecule has 0 aliphatic carbocycles. The molecule has 0 N–H and O–H groups in total. The van der Waals surface area contributed by atoms with Crippen LogP contribution in [0.5, 0.6) is 0 Å². The van der Waals surface area contributed by atoms with Crippen LogP contribution in [0.3, 0.4) is 0 Å². The van der Waals surface area contributed by atoms with E-state index in [1.165, 1.54) is 16.3 Å². The van der Waals surface area contributed by atoms with Crippen molar-refractivity contribution in [2.24, 2.45) is 11.0 Å². The molecule has 1 heterocycles. The lowest BCUT2D eigenvalue weighted by Crippen LogP contribution is -2.28. The SMILES string of the molecule is CCN(CC)c1ccc(C[C@H]2C(=O)N(c3ccccc3)N=C2C)cc1. The molecule has 1 aliphatic heterocycles. The lowest BCUT2D eigenvalue weighted by molar-refractivity contribution is -0.119. The third-order valence-electron chi connectivity index (χ3n) is 4.77.